The Morgan fingerprint density at radius 1 is 1.12 bits per heavy atom. The molecule has 3 N–H and O–H groups in total. The number of nitrogens with one attached hydrogen (secondary N) is 1. The lowest BCUT2D eigenvalue weighted by Gasteiger charge is -2.38. The number of hydrogen-bond donors (Lipinski definition) is 3. The van der Waals surface area contributed by atoms with Gasteiger partial charge in [0.25, 0.3) is 0 Å². The van der Waals surface area contributed by atoms with Gasteiger partial charge in [0.1, 0.15) is 23.8 Å². The van der Waals surface area contributed by atoms with Crippen LogP contribution in [0, 0.1) is 5.82 Å². The second-order valence-corrected chi connectivity index (χ2v) is 5.98. The van der Waals surface area contributed by atoms with Crippen LogP contribution in [-0.4, -0.2) is 39.6 Å². The minimum absolute atomic E-state index is 0.241. The van der Waals surface area contributed by atoms with Gasteiger partial charge in [0.2, 0.25) is 0 Å². The molecule has 24 heavy (non-hydrogen) atoms. The summed E-state index contributed by atoms with van der Waals surface area (Å²) in [7, 11) is 0. The van der Waals surface area contributed by atoms with Crippen LogP contribution >= 0.6 is 0 Å². The molecule has 0 bridgehead atoms. The standard InChI is InChI=1S/C18H21FN2O3/c19-12-4-3-6-14(10-12)24-16-8-7-15(17(22)18(16)23)21-11-13-5-1-2-9-20-13/h1-6,9-10,15-18,21-23H,7-8,11H2/t15-,16-,17-,18-/m1/s1. The van der Waals surface area contributed by atoms with Gasteiger partial charge in [-0.3, -0.25) is 4.98 Å². The van der Waals surface area contributed by atoms with Gasteiger partial charge in [0, 0.05) is 24.8 Å². The molecule has 0 radical (unpaired) electrons. The molecule has 1 aromatic heterocycles. The molecule has 0 unspecified atom stereocenters. The molecule has 0 spiro atoms. The third kappa shape index (κ3) is 4.08. The third-order valence-corrected chi connectivity index (χ3v) is 4.26. The van der Waals surface area contributed by atoms with E-state index in [9.17, 15) is 14.6 Å². The van der Waals surface area contributed by atoms with E-state index in [1.54, 1.807) is 18.3 Å². The van der Waals surface area contributed by atoms with Crippen molar-refractivity contribution in [3.8, 4) is 5.75 Å². The average molecular weight is 332 g/mol. The maximum atomic E-state index is 13.2. The minimum atomic E-state index is -1.04. The summed E-state index contributed by atoms with van der Waals surface area (Å²) in [5.74, 6) is -0.0422. The van der Waals surface area contributed by atoms with Crippen molar-refractivity contribution < 1.29 is 19.3 Å². The largest absolute Gasteiger partial charge is 0.488 e. The number of aliphatic hydroxyl groups excluding tert-OH is 2. The topological polar surface area (TPSA) is 74.6 Å². The van der Waals surface area contributed by atoms with Crippen LogP contribution in [0.25, 0.3) is 0 Å². The molecular weight excluding hydrogens is 311 g/mol. The molecule has 1 saturated carbocycles. The normalized spacial score (nSPS) is 27.0. The van der Waals surface area contributed by atoms with Gasteiger partial charge in [-0.05, 0) is 37.1 Å². The van der Waals surface area contributed by atoms with Crippen molar-refractivity contribution in [1.29, 1.82) is 0 Å². The summed E-state index contributed by atoms with van der Waals surface area (Å²) in [5.41, 5.74) is 0.873. The smallest absolute Gasteiger partial charge is 0.127 e. The molecule has 0 aliphatic heterocycles. The highest BCUT2D eigenvalue weighted by molar-refractivity contribution is 5.23. The number of ether oxygens (including phenoxy) is 1. The molecule has 6 heteroatoms. The van der Waals surface area contributed by atoms with Gasteiger partial charge >= 0.3 is 0 Å². The number of aliphatic hydroxyl groups is 2. The second-order valence-electron chi connectivity index (χ2n) is 5.98. The average Bonchev–Trinajstić information content (AvgIpc) is 2.59. The highest BCUT2D eigenvalue weighted by Gasteiger charge is 2.38. The Balaban J connectivity index is 1.56. The summed E-state index contributed by atoms with van der Waals surface area (Å²) in [5, 5.41) is 23.9. The first-order chi connectivity index (χ1) is 11.6. The molecule has 0 saturated heterocycles. The lowest BCUT2D eigenvalue weighted by Crippen LogP contribution is -2.55. The van der Waals surface area contributed by atoms with Crippen LogP contribution in [0.4, 0.5) is 4.39 Å². The van der Waals surface area contributed by atoms with E-state index in [-0.39, 0.29) is 6.04 Å². The lowest BCUT2D eigenvalue weighted by atomic mass is 9.87. The Kier molecular flexibility index (Phi) is 5.40. The fourth-order valence-corrected chi connectivity index (χ4v) is 2.95. The summed E-state index contributed by atoms with van der Waals surface area (Å²) < 4.78 is 18.9. The first-order valence-corrected chi connectivity index (χ1v) is 8.05. The lowest BCUT2D eigenvalue weighted by molar-refractivity contribution is -0.0893. The van der Waals surface area contributed by atoms with Gasteiger partial charge in [0.15, 0.2) is 0 Å². The zero-order valence-electron chi connectivity index (χ0n) is 13.2. The first kappa shape index (κ1) is 16.8. The summed E-state index contributed by atoms with van der Waals surface area (Å²) in [6.07, 6.45) is 0.366. The summed E-state index contributed by atoms with van der Waals surface area (Å²) in [6.45, 7) is 0.519. The van der Waals surface area contributed by atoms with Crippen LogP contribution in [0.2, 0.25) is 0 Å². The molecule has 3 rings (SSSR count). The Morgan fingerprint density at radius 2 is 2.00 bits per heavy atom. The van der Waals surface area contributed by atoms with Crippen molar-refractivity contribution in [2.75, 3.05) is 0 Å². The van der Waals surface area contributed by atoms with E-state index in [1.165, 1.54) is 12.1 Å². The van der Waals surface area contributed by atoms with Crippen molar-refractivity contribution in [1.82, 2.24) is 10.3 Å². The number of pyridine rings is 1. The fourth-order valence-electron chi connectivity index (χ4n) is 2.95. The van der Waals surface area contributed by atoms with Gasteiger partial charge in [-0.1, -0.05) is 12.1 Å². The monoisotopic (exact) mass is 332 g/mol. The Labute approximate surface area is 140 Å². The number of rotatable bonds is 5. The van der Waals surface area contributed by atoms with Crippen molar-refractivity contribution >= 4 is 0 Å². The van der Waals surface area contributed by atoms with E-state index in [2.05, 4.69) is 10.3 Å². The van der Waals surface area contributed by atoms with E-state index in [1.807, 2.05) is 18.2 Å². The van der Waals surface area contributed by atoms with Crippen molar-refractivity contribution in [2.24, 2.45) is 0 Å². The predicted octanol–water partition coefficient (Wildman–Crippen LogP) is 1.64. The molecule has 1 aliphatic rings. The van der Waals surface area contributed by atoms with Crippen LogP contribution in [-0.2, 0) is 6.54 Å². The van der Waals surface area contributed by atoms with Gasteiger partial charge in [0.05, 0.1) is 11.8 Å². The van der Waals surface area contributed by atoms with Crippen molar-refractivity contribution in [2.45, 2.75) is 43.7 Å². The second kappa shape index (κ2) is 7.70. The van der Waals surface area contributed by atoms with Crippen LogP contribution in [0.15, 0.2) is 48.7 Å². The first-order valence-electron chi connectivity index (χ1n) is 8.05. The molecule has 128 valence electrons. The molecule has 2 aromatic rings. The molecule has 4 atom stereocenters. The van der Waals surface area contributed by atoms with Crippen molar-refractivity contribution in [3.05, 3.63) is 60.2 Å². The maximum Gasteiger partial charge on any atom is 0.127 e. The van der Waals surface area contributed by atoms with Crippen molar-refractivity contribution in [3.63, 3.8) is 0 Å². The minimum Gasteiger partial charge on any atom is -0.488 e. The van der Waals surface area contributed by atoms with Gasteiger partial charge in [-0.2, -0.15) is 0 Å². The predicted molar refractivity (Wildman–Crippen MR) is 86.9 cm³/mol. The Bertz CT molecular complexity index is 656. The number of halogens is 1. The van der Waals surface area contributed by atoms with E-state index in [0.717, 1.165) is 5.69 Å². The molecule has 0 amide bonds. The summed E-state index contributed by atoms with van der Waals surface area (Å²) >= 11 is 0. The molecule has 1 fully saturated rings. The zero-order valence-corrected chi connectivity index (χ0v) is 13.2. The van der Waals surface area contributed by atoms with E-state index < -0.39 is 24.1 Å². The Hall–Kier alpha value is -2.02. The quantitative estimate of drug-likeness (QED) is 0.776. The van der Waals surface area contributed by atoms with E-state index >= 15 is 0 Å². The number of benzene rings is 1. The zero-order chi connectivity index (χ0) is 16.9. The third-order valence-electron chi connectivity index (χ3n) is 4.26. The number of nitrogens with zero attached hydrogens (tertiary/aromatic N) is 1. The van der Waals surface area contributed by atoms with Gasteiger partial charge < -0.3 is 20.3 Å². The van der Waals surface area contributed by atoms with Crippen LogP contribution in [0.1, 0.15) is 18.5 Å². The highest BCUT2D eigenvalue weighted by Crippen LogP contribution is 2.25. The van der Waals surface area contributed by atoms with Crippen LogP contribution in [0.5, 0.6) is 5.75 Å². The molecule has 5 nitrogen and oxygen atoms in total. The molecule has 1 heterocycles. The van der Waals surface area contributed by atoms with Gasteiger partial charge in [-0.25, -0.2) is 4.39 Å². The maximum absolute atomic E-state index is 13.2. The summed E-state index contributed by atoms with van der Waals surface area (Å²) in [6, 6.07) is 11.2. The van der Waals surface area contributed by atoms with Gasteiger partial charge in [-0.15, -0.1) is 0 Å². The van der Waals surface area contributed by atoms with E-state index in [0.29, 0.717) is 25.1 Å². The highest BCUT2D eigenvalue weighted by atomic mass is 19.1. The SMILES string of the molecule is O[C@H]1[C@H](O)[C@H](Oc2cccc(F)c2)CC[C@H]1NCc1ccccn1. The Morgan fingerprint density at radius 3 is 2.75 bits per heavy atom. The van der Waals surface area contributed by atoms with Crippen LogP contribution in [0.3, 0.4) is 0 Å². The van der Waals surface area contributed by atoms with Crippen LogP contribution < -0.4 is 10.1 Å². The number of hydrogen-bond acceptors (Lipinski definition) is 5. The molecule has 1 aromatic carbocycles. The number of aromatic nitrogens is 1. The fraction of sp³-hybridized carbons (Fsp3) is 0.389. The van der Waals surface area contributed by atoms with E-state index in [4.69, 9.17) is 4.74 Å². The molecular formula is C18H21FN2O3. The summed E-state index contributed by atoms with van der Waals surface area (Å²) in [4.78, 5) is 4.22. The molecule has 1 aliphatic carbocycles.